The Labute approximate surface area is 77.6 Å². The summed E-state index contributed by atoms with van der Waals surface area (Å²) in [5.74, 6) is 0. The Kier molecular flexibility index (Phi) is 1.81. The SMILES string of the molecule is Cc1cc(-n2cccc2)ccc1N. The molecule has 13 heavy (non-hydrogen) atoms. The van der Waals surface area contributed by atoms with E-state index >= 15 is 0 Å². The fraction of sp³-hybridized carbons (Fsp3) is 0.0909. The number of nitrogens with two attached hydrogens (primary N) is 1. The molecule has 0 saturated heterocycles. The average Bonchev–Trinajstić information content (AvgIpc) is 2.62. The molecule has 0 fully saturated rings. The van der Waals surface area contributed by atoms with Crippen LogP contribution in [0.3, 0.4) is 0 Å². The lowest BCUT2D eigenvalue weighted by Gasteiger charge is -2.05. The van der Waals surface area contributed by atoms with Gasteiger partial charge in [0.25, 0.3) is 0 Å². The van der Waals surface area contributed by atoms with Gasteiger partial charge in [0.1, 0.15) is 0 Å². The molecule has 0 bridgehead atoms. The van der Waals surface area contributed by atoms with Gasteiger partial charge >= 0.3 is 0 Å². The van der Waals surface area contributed by atoms with Crippen LogP contribution < -0.4 is 5.73 Å². The normalized spacial score (nSPS) is 10.2. The van der Waals surface area contributed by atoms with Gasteiger partial charge in [-0.05, 0) is 42.8 Å². The van der Waals surface area contributed by atoms with E-state index < -0.39 is 0 Å². The molecule has 0 unspecified atom stereocenters. The van der Waals surface area contributed by atoms with Crippen molar-refractivity contribution in [2.75, 3.05) is 5.73 Å². The lowest BCUT2D eigenvalue weighted by molar-refractivity contribution is 1.08. The highest BCUT2D eigenvalue weighted by Crippen LogP contribution is 2.15. The largest absolute Gasteiger partial charge is 0.399 e. The van der Waals surface area contributed by atoms with Crippen LogP contribution in [0.4, 0.5) is 5.69 Å². The first-order chi connectivity index (χ1) is 6.27. The van der Waals surface area contributed by atoms with Crippen LogP contribution in [0, 0.1) is 6.92 Å². The third-order valence-corrected chi connectivity index (χ3v) is 2.16. The van der Waals surface area contributed by atoms with E-state index in [0.717, 1.165) is 16.9 Å². The van der Waals surface area contributed by atoms with Crippen LogP contribution in [0.25, 0.3) is 5.69 Å². The quantitative estimate of drug-likeness (QED) is 0.658. The average molecular weight is 172 g/mol. The summed E-state index contributed by atoms with van der Waals surface area (Å²) in [4.78, 5) is 0. The minimum absolute atomic E-state index is 0.843. The standard InChI is InChI=1S/C11H12N2/c1-9-8-10(4-5-11(9)12)13-6-2-3-7-13/h2-8H,12H2,1H3. The van der Waals surface area contributed by atoms with E-state index in [0.29, 0.717) is 0 Å². The molecular weight excluding hydrogens is 160 g/mol. The van der Waals surface area contributed by atoms with Crippen LogP contribution in [0.5, 0.6) is 0 Å². The summed E-state index contributed by atoms with van der Waals surface area (Å²) in [5.41, 5.74) is 8.84. The van der Waals surface area contributed by atoms with E-state index in [2.05, 4.69) is 10.6 Å². The Morgan fingerprint density at radius 2 is 1.85 bits per heavy atom. The Morgan fingerprint density at radius 1 is 1.15 bits per heavy atom. The minimum Gasteiger partial charge on any atom is -0.399 e. The summed E-state index contributed by atoms with van der Waals surface area (Å²) in [7, 11) is 0. The molecule has 2 heteroatoms. The van der Waals surface area contributed by atoms with Crippen LogP contribution >= 0.6 is 0 Å². The predicted octanol–water partition coefficient (Wildman–Crippen LogP) is 2.37. The number of anilines is 1. The number of aryl methyl sites for hydroxylation is 1. The molecule has 2 aromatic rings. The summed E-state index contributed by atoms with van der Waals surface area (Å²) in [6, 6.07) is 10.0. The predicted molar refractivity (Wildman–Crippen MR) is 54.9 cm³/mol. The van der Waals surface area contributed by atoms with Gasteiger partial charge in [-0.25, -0.2) is 0 Å². The second-order valence-electron chi connectivity index (χ2n) is 3.13. The molecule has 0 amide bonds. The minimum atomic E-state index is 0.843. The van der Waals surface area contributed by atoms with Gasteiger partial charge in [0.05, 0.1) is 0 Å². The Bertz CT molecular complexity index is 402. The van der Waals surface area contributed by atoms with Crippen molar-refractivity contribution in [3.8, 4) is 5.69 Å². The van der Waals surface area contributed by atoms with Crippen LogP contribution in [-0.2, 0) is 0 Å². The maximum atomic E-state index is 5.73. The highest BCUT2D eigenvalue weighted by Gasteiger charge is 1.96. The zero-order chi connectivity index (χ0) is 9.26. The summed E-state index contributed by atoms with van der Waals surface area (Å²) in [6.07, 6.45) is 4.04. The molecule has 0 atom stereocenters. The first-order valence-electron chi connectivity index (χ1n) is 4.27. The second kappa shape index (κ2) is 2.98. The van der Waals surface area contributed by atoms with Crippen molar-refractivity contribution in [3.05, 3.63) is 48.3 Å². The molecule has 0 saturated carbocycles. The van der Waals surface area contributed by atoms with Gasteiger partial charge < -0.3 is 10.3 Å². The summed E-state index contributed by atoms with van der Waals surface area (Å²) in [6.45, 7) is 2.02. The first kappa shape index (κ1) is 7.92. The van der Waals surface area contributed by atoms with Crippen LogP contribution in [0.2, 0.25) is 0 Å². The smallest absolute Gasteiger partial charge is 0.0453 e. The van der Waals surface area contributed by atoms with Crippen LogP contribution in [-0.4, -0.2) is 4.57 Å². The van der Waals surface area contributed by atoms with E-state index in [4.69, 9.17) is 5.73 Å². The third kappa shape index (κ3) is 1.43. The van der Waals surface area contributed by atoms with Gasteiger partial charge in [-0.3, -0.25) is 0 Å². The van der Waals surface area contributed by atoms with E-state index in [1.54, 1.807) is 0 Å². The van der Waals surface area contributed by atoms with Gasteiger partial charge in [0, 0.05) is 23.8 Å². The number of aromatic nitrogens is 1. The number of nitrogen functional groups attached to an aromatic ring is 1. The molecule has 2 N–H and O–H groups in total. The molecule has 1 aromatic carbocycles. The van der Waals surface area contributed by atoms with Gasteiger partial charge in [-0.2, -0.15) is 0 Å². The van der Waals surface area contributed by atoms with E-state index in [9.17, 15) is 0 Å². The van der Waals surface area contributed by atoms with Crippen molar-refractivity contribution >= 4 is 5.69 Å². The number of rotatable bonds is 1. The van der Waals surface area contributed by atoms with E-state index in [-0.39, 0.29) is 0 Å². The van der Waals surface area contributed by atoms with Gasteiger partial charge in [0.15, 0.2) is 0 Å². The maximum Gasteiger partial charge on any atom is 0.0453 e. The van der Waals surface area contributed by atoms with Crippen molar-refractivity contribution in [2.24, 2.45) is 0 Å². The molecule has 0 radical (unpaired) electrons. The lowest BCUT2D eigenvalue weighted by Crippen LogP contribution is -1.93. The van der Waals surface area contributed by atoms with Gasteiger partial charge in [-0.15, -0.1) is 0 Å². The van der Waals surface area contributed by atoms with E-state index in [1.807, 2.05) is 43.6 Å². The van der Waals surface area contributed by atoms with Crippen molar-refractivity contribution in [1.82, 2.24) is 4.57 Å². The molecule has 2 nitrogen and oxygen atoms in total. The zero-order valence-corrected chi connectivity index (χ0v) is 7.57. The molecule has 0 spiro atoms. The highest BCUT2D eigenvalue weighted by molar-refractivity contribution is 5.52. The molecular formula is C11H12N2. The van der Waals surface area contributed by atoms with E-state index in [1.165, 1.54) is 0 Å². The summed E-state index contributed by atoms with van der Waals surface area (Å²) in [5, 5.41) is 0. The number of hydrogen-bond acceptors (Lipinski definition) is 1. The van der Waals surface area contributed by atoms with Crippen LogP contribution in [0.15, 0.2) is 42.7 Å². The Balaban J connectivity index is 2.49. The zero-order valence-electron chi connectivity index (χ0n) is 7.57. The highest BCUT2D eigenvalue weighted by atomic mass is 14.9. The monoisotopic (exact) mass is 172 g/mol. The van der Waals surface area contributed by atoms with Crippen molar-refractivity contribution in [3.63, 3.8) is 0 Å². The fourth-order valence-electron chi connectivity index (χ4n) is 1.33. The first-order valence-corrected chi connectivity index (χ1v) is 4.27. The topological polar surface area (TPSA) is 30.9 Å². The Hall–Kier alpha value is -1.70. The molecule has 0 aliphatic carbocycles. The summed E-state index contributed by atoms with van der Waals surface area (Å²) >= 11 is 0. The van der Waals surface area contributed by atoms with Gasteiger partial charge in [-0.1, -0.05) is 0 Å². The fourth-order valence-corrected chi connectivity index (χ4v) is 1.33. The number of benzene rings is 1. The molecule has 1 heterocycles. The second-order valence-corrected chi connectivity index (χ2v) is 3.13. The van der Waals surface area contributed by atoms with Crippen LogP contribution in [0.1, 0.15) is 5.56 Å². The van der Waals surface area contributed by atoms with Crippen molar-refractivity contribution < 1.29 is 0 Å². The molecule has 0 aliphatic rings. The lowest BCUT2D eigenvalue weighted by atomic mass is 10.2. The Morgan fingerprint density at radius 3 is 2.46 bits per heavy atom. The van der Waals surface area contributed by atoms with Crippen molar-refractivity contribution in [1.29, 1.82) is 0 Å². The third-order valence-electron chi connectivity index (χ3n) is 2.16. The summed E-state index contributed by atoms with van der Waals surface area (Å²) < 4.78 is 2.06. The van der Waals surface area contributed by atoms with Gasteiger partial charge in [0.2, 0.25) is 0 Å². The van der Waals surface area contributed by atoms with Crippen molar-refractivity contribution in [2.45, 2.75) is 6.92 Å². The number of hydrogen-bond donors (Lipinski definition) is 1. The number of nitrogens with zero attached hydrogens (tertiary/aromatic N) is 1. The molecule has 2 rings (SSSR count). The molecule has 0 aliphatic heterocycles. The maximum absolute atomic E-state index is 5.73. The molecule has 1 aromatic heterocycles. The molecule has 66 valence electrons.